The predicted octanol–water partition coefficient (Wildman–Crippen LogP) is 0.144. The number of esters is 1. The molecule has 3 rings (SSSR count). The molecule has 112 valence electrons. The van der Waals surface area contributed by atoms with Crippen molar-refractivity contribution < 1.29 is 19.2 Å². The molecule has 3 heterocycles. The lowest BCUT2D eigenvalue weighted by Gasteiger charge is -2.34. The van der Waals surface area contributed by atoms with E-state index >= 15 is 0 Å². The number of carbonyl (C=O) groups excluding carboxylic acids is 2. The van der Waals surface area contributed by atoms with E-state index in [4.69, 9.17) is 4.84 Å². The number of fused-ring (bicyclic) bond motifs is 1. The molecule has 0 bridgehead atoms. The van der Waals surface area contributed by atoms with Gasteiger partial charge in [-0.1, -0.05) is 0 Å². The zero-order valence-electron chi connectivity index (χ0n) is 11.8. The van der Waals surface area contributed by atoms with Gasteiger partial charge in [-0.25, -0.2) is 0 Å². The molecule has 0 unspecified atom stereocenters. The van der Waals surface area contributed by atoms with Crippen LogP contribution >= 0.6 is 0 Å². The highest BCUT2D eigenvalue weighted by molar-refractivity contribution is 5.86. The third-order valence-corrected chi connectivity index (χ3v) is 3.86. The fourth-order valence-electron chi connectivity index (χ4n) is 2.73. The largest absolute Gasteiger partial charge is 0.468 e. The summed E-state index contributed by atoms with van der Waals surface area (Å²) < 4.78 is 4.62. The Balaban J connectivity index is 1.69. The Morgan fingerprint density at radius 3 is 2.90 bits per heavy atom. The number of hydroxylamine groups is 2. The molecule has 0 radical (unpaired) electrons. The third-order valence-electron chi connectivity index (χ3n) is 3.86. The topological polar surface area (TPSA) is 72.0 Å². The number of ether oxygens (including phenoxy) is 1. The highest BCUT2D eigenvalue weighted by Crippen LogP contribution is 2.35. The number of amides is 1. The molecule has 2 fully saturated rings. The van der Waals surface area contributed by atoms with Crippen LogP contribution in [0.25, 0.3) is 0 Å². The van der Waals surface area contributed by atoms with Crippen LogP contribution in [-0.4, -0.2) is 59.6 Å². The van der Waals surface area contributed by atoms with E-state index in [2.05, 4.69) is 9.72 Å². The summed E-state index contributed by atoms with van der Waals surface area (Å²) in [6, 6.07) is 3.45. The van der Waals surface area contributed by atoms with Gasteiger partial charge in [-0.2, -0.15) is 5.06 Å². The van der Waals surface area contributed by atoms with E-state index in [9.17, 15) is 9.59 Å². The maximum atomic E-state index is 12.4. The van der Waals surface area contributed by atoms with Crippen molar-refractivity contribution in [3.63, 3.8) is 0 Å². The van der Waals surface area contributed by atoms with Crippen molar-refractivity contribution in [2.75, 3.05) is 26.7 Å². The number of rotatable bonds is 3. The molecule has 2 aliphatic rings. The van der Waals surface area contributed by atoms with Crippen molar-refractivity contribution in [1.29, 1.82) is 0 Å². The van der Waals surface area contributed by atoms with E-state index in [1.54, 1.807) is 17.5 Å². The summed E-state index contributed by atoms with van der Waals surface area (Å²) in [5, 5.41) is 1.72. The van der Waals surface area contributed by atoms with Crippen molar-refractivity contribution in [3.05, 3.63) is 30.1 Å². The summed E-state index contributed by atoms with van der Waals surface area (Å²) in [5.41, 5.74) is 1.01. The molecule has 1 aromatic heterocycles. The van der Waals surface area contributed by atoms with Gasteiger partial charge in [0, 0.05) is 31.9 Å². The van der Waals surface area contributed by atoms with Crippen LogP contribution in [0.2, 0.25) is 0 Å². The Bertz CT molecular complexity index is 536. The van der Waals surface area contributed by atoms with Crippen LogP contribution in [0.15, 0.2) is 24.5 Å². The van der Waals surface area contributed by atoms with Crippen LogP contribution in [0.1, 0.15) is 18.1 Å². The number of pyridine rings is 1. The van der Waals surface area contributed by atoms with Crippen LogP contribution in [0.5, 0.6) is 0 Å². The molecule has 1 amide bonds. The average molecular weight is 291 g/mol. The Morgan fingerprint density at radius 1 is 1.43 bits per heavy atom. The quantitative estimate of drug-likeness (QED) is 0.738. The zero-order chi connectivity index (χ0) is 14.8. The summed E-state index contributed by atoms with van der Waals surface area (Å²) in [6.45, 7) is 1.06. The summed E-state index contributed by atoms with van der Waals surface area (Å²) in [5.74, 6) is -0.482. The number of methoxy groups -OCH3 is 1. The van der Waals surface area contributed by atoms with Gasteiger partial charge >= 0.3 is 5.97 Å². The second-order valence-electron chi connectivity index (χ2n) is 5.10. The highest BCUT2D eigenvalue weighted by Gasteiger charge is 2.44. The van der Waals surface area contributed by atoms with Gasteiger partial charge < -0.3 is 9.64 Å². The van der Waals surface area contributed by atoms with Gasteiger partial charge in [0.05, 0.1) is 7.11 Å². The number of aromatic nitrogens is 1. The van der Waals surface area contributed by atoms with E-state index in [0.29, 0.717) is 19.5 Å². The fourth-order valence-corrected chi connectivity index (χ4v) is 2.73. The lowest BCUT2D eigenvalue weighted by molar-refractivity contribution is -0.191. The molecule has 2 aliphatic heterocycles. The van der Waals surface area contributed by atoms with Crippen LogP contribution in [-0.2, 0) is 19.2 Å². The van der Waals surface area contributed by atoms with E-state index in [0.717, 1.165) is 5.56 Å². The van der Waals surface area contributed by atoms with Crippen LogP contribution in [0.4, 0.5) is 0 Å². The van der Waals surface area contributed by atoms with Crippen LogP contribution < -0.4 is 0 Å². The minimum Gasteiger partial charge on any atom is -0.468 e. The number of carbonyl (C=O) groups is 2. The number of piperazine rings is 1. The van der Waals surface area contributed by atoms with Crippen molar-refractivity contribution >= 4 is 11.9 Å². The first kappa shape index (κ1) is 14.0. The first-order valence-corrected chi connectivity index (χ1v) is 6.88. The maximum absolute atomic E-state index is 12.4. The number of hydrogen-bond donors (Lipinski definition) is 0. The normalized spacial score (nSPS) is 25.8. The molecule has 7 nitrogen and oxygen atoms in total. The summed E-state index contributed by atoms with van der Waals surface area (Å²) in [4.78, 5) is 35.1. The summed E-state index contributed by atoms with van der Waals surface area (Å²) in [7, 11) is 1.32. The molecule has 21 heavy (non-hydrogen) atoms. The Labute approximate surface area is 122 Å². The van der Waals surface area contributed by atoms with Crippen molar-refractivity contribution in [1.82, 2.24) is 14.9 Å². The van der Waals surface area contributed by atoms with Gasteiger partial charge in [-0.05, 0) is 17.7 Å². The Hall–Kier alpha value is -1.99. The van der Waals surface area contributed by atoms with E-state index in [1.807, 2.05) is 12.1 Å². The second kappa shape index (κ2) is 5.79. The van der Waals surface area contributed by atoms with Crippen LogP contribution in [0.3, 0.4) is 0 Å². The predicted molar refractivity (Wildman–Crippen MR) is 71.8 cm³/mol. The van der Waals surface area contributed by atoms with Crippen molar-refractivity contribution in [2.24, 2.45) is 0 Å². The number of hydrogen-bond acceptors (Lipinski definition) is 6. The fraction of sp³-hybridized carbons (Fsp3) is 0.500. The molecule has 2 saturated heterocycles. The van der Waals surface area contributed by atoms with Gasteiger partial charge in [0.25, 0.3) is 0 Å². The van der Waals surface area contributed by atoms with E-state index in [1.165, 1.54) is 12.0 Å². The molecular weight excluding hydrogens is 274 g/mol. The number of nitrogens with zero attached hydrogens (tertiary/aromatic N) is 3. The highest BCUT2D eigenvalue weighted by atomic mass is 16.7. The van der Waals surface area contributed by atoms with Gasteiger partial charge in [-0.15, -0.1) is 0 Å². The SMILES string of the molecule is COC(=O)CN1CCN2O[C@H](c3ccncc3)C[C@H]2C1=O. The second-order valence-corrected chi connectivity index (χ2v) is 5.10. The standard InChI is InChI=1S/C14H17N3O4/c1-20-13(18)9-16-6-7-17-11(14(16)19)8-12(21-17)10-2-4-15-5-3-10/h2-5,11-12H,6-9H2,1H3/t11-,12-/m0/s1. The molecule has 2 atom stereocenters. The van der Waals surface area contributed by atoms with Gasteiger partial charge in [0.2, 0.25) is 5.91 Å². The van der Waals surface area contributed by atoms with Crippen molar-refractivity contribution in [3.8, 4) is 0 Å². The first-order valence-electron chi connectivity index (χ1n) is 6.88. The molecule has 7 heteroatoms. The molecule has 0 saturated carbocycles. The average Bonchev–Trinajstić information content (AvgIpc) is 2.96. The van der Waals surface area contributed by atoms with Gasteiger partial charge in [-0.3, -0.25) is 19.4 Å². The molecule has 1 aromatic rings. The van der Waals surface area contributed by atoms with Crippen molar-refractivity contribution in [2.45, 2.75) is 18.6 Å². The molecule has 0 N–H and O–H groups in total. The van der Waals surface area contributed by atoms with Crippen LogP contribution in [0, 0.1) is 0 Å². The lowest BCUT2D eigenvalue weighted by atomic mass is 10.0. The molecule has 0 aliphatic carbocycles. The Kier molecular flexibility index (Phi) is 3.85. The smallest absolute Gasteiger partial charge is 0.325 e. The minimum absolute atomic E-state index is 0.000400. The maximum Gasteiger partial charge on any atom is 0.325 e. The molecule has 0 spiro atoms. The monoisotopic (exact) mass is 291 g/mol. The summed E-state index contributed by atoms with van der Waals surface area (Å²) in [6.07, 6.45) is 3.86. The Morgan fingerprint density at radius 2 is 2.19 bits per heavy atom. The van der Waals surface area contributed by atoms with Gasteiger partial charge in [0.15, 0.2) is 0 Å². The zero-order valence-corrected chi connectivity index (χ0v) is 11.8. The molecule has 0 aromatic carbocycles. The van der Waals surface area contributed by atoms with Gasteiger partial charge in [0.1, 0.15) is 18.7 Å². The minimum atomic E-state index is -0.401. The van der Waals surface area contributed by atoms with E-state index < -0.39 is 5.97 Å². The first-order chi connectivity index (χ1) is 10.2. The summed E-state index contributed by atoms with van der Waals surface area (Å²) >= 11 is 0. The lowest BCUT2D eigenvalue weighted by Crippen LogP contribution is -2.55. The third kappa shape index (κ3) is 2.74. The van der Waals surface area contributed by atoms with E-state index in [-0.39, 0.29) is 24.6 Å². The molecular formula is C14H17N3O4.